The Balaban J connectivity index is 1.41. The molecule has 33 heavy (non-hydrogen) atoms. The Morgan fingerprint density at radius 2 is 1.70 bits per heavy atom. The highest BCUT2D eigenvalue weighted by atomic mass is 16.4. The quantitative estimate of drug-likeness (QED) is 0.386. The molecule has 0 bridgehead atoms. The number of aryl methyl sites for hydroxylation is 1. The molecule has 0 spiro atoms. The van der Waals surface area contributed by atoms with Gasteiger partial charge in [0.15, 0.2) is 0 Å². The molecule has 2 aromatic heterocycles. The fraction of sp³-hybridized carbons (Fsp3) is 0.148. The topological polar surface area (TPSA) is 77.1 Å². The zero-order valence-corrected chi connectivity index (χ0v) is 18.4. The normalized spacial score (nSPS) is 11.2. The van der Waals surface area contributed by atoms with Crippen molar-refractivity contribution in [3.8, 4) is 0 Å². The molecule has 0 fully saturated rings. The second kappa shape index (κ2) is 9.96. The molecule has 4 rings (SSSR count). The van der Waals surface area contributed by atoms with Crippen LogP contribution in [0.2, 0.25) is 0 Å². The lowest BCUT2D eigenvalue weighted by Crippen LogP contribution is -2.09. The lowest BCUT2D eigenvalue weighted by Gasteiger charge is -2.07. The van der Waals surface area contributed by atoms with Crippen LogP contribution in [0.5, 0.6) is 0 Å². The number of carbonyl (C=O) groups is 2. The number of carboxylic acids is 1. The Bertz CT molecular complexity index is 1300. The number of allylic oxidation sites excluding steroid dienone is 1. The smallest absolute Gasteiger partial charge is 0.307 e. The van der Waals surface area contributed by atoms with Gasteiger partial charge in [0, 0.05) is 24.5 Å². The SMILES string of the molecule is Cc1ccc(C(=O)c2cccn2C/C=C/c2ccn(Cc3ccccc3CC(=O)O)n2)cc1. The summed E-state index contributed by atoms with van der Waals surface area (Å²) in [5, 5.41) is 13.7. The predicted octanol–water partition coefficient (Wildman–Crippen LogP) is 4.61. The fourth-order valence-electron chi connectivity index (χ4n) is 3.70. The van der Waals surface area contributed by atoms with Crippen LogP contribution in [0, 0.1) is 6.92 Å². The average Bonchev–Trinajstić information content (AvgIpc) is 3.44. The first-order chi connectivity index (χ1) is 16.0. The maximum absolute atomic E-state index is 12.8. The van der Waals surface area contributed by atoms with Crippen LogP contribution in [-0.4, -0.2) is 31.2 Å². The van der Waals surface area contributed by atoms with Crippen LogP contribution in [0.1, 0.15) is 38.4 Å². The van der Waals surface area contributed by atoms with Crippen LogP contribution in [-0.2, 0) is 24.3 Å². The number of benzene rings is 2. The largest absolute Gasteiger partial charge is 0.481 e. The Kier molecular flexibility index (Phi) is 6.64. The standard InChI is InChI=1S/C27H25N3O3/c1-20-10-12-21(13-11-20)27(33)25-9-5-16-29(25)15-4-8-24-14-17-30(28-24)19-23-7-3-2-6-22(23)18-26(31)32/h2-14,16-17H,15,18-19H2,1H3,(H,31,32)/b8-4+. The molecule has 0 unspecified atom stereocenters. The second-order valence-electron chi connectivity index (χ2n) is 7.92. The van der Waals surface area contributed by atoms with Gasteiger partial charge in [-0.25, -0.2) is 0 Å². The molecule has 0 saturated heterocycles. The van der Waals surface area contributed by atoms with E-state index in [1.165, 1.54) is 0 Å². The van der Waals surface area contributed by atoms with Gasteiger partial charge >= 0.3 is 5.97 Å². The van der Waals surface area contributed by atoms with Crippen molar-refractivity contribution in [1.29, 1.82) is 0 Å². The van der Waals surface area contributed by atoms with Gasteiger partial charge < -0.3 is 9.67 Å². The zero-order valence-electron chi connectivity index (χ0n) is 18.4. The summed E-state index contributed by atoms with van der Waals surface area (Å²) in [7, 11) is 0. The van der Waals surface area contributed by atoms with E-state index in [1.54, 1.807) is 4.68 Å². The Morgan fingerprint density at radius 3 is 2.45 bits per heavy atom. The number of ketones is 1. The minimum atomic E-state index is -0.850. The highest BCUT2D eigenvalue weighted by molar-refractivity contribution is 6.08. The molecule has 0 radical (unpaired) electrons. The minimum absolute atomic E-state index is 0.00213. The molecule has 6 heteroatoms. The summed E-state index contributed by atoms with van der Waals surface area (Å²) in [6.07, 6.45) is 7.64. The molecule has 0 amide bonds. The van der Waals surface area contributed by atoms with E-state index < -0.39 is 5.97 Å². The van der Waals surface area contributed by atoms with E-state index in [2.05, 4.69) is 5.10 Å². The molecule has 166 valence electrons. The highest BCUT2D eigenvalue weighted by Crippen LogP contribution is 2.14. The Labute approximate surface area is 192 Å². The van der Waals surface area contributed by atoms with Crippen LogP contribution in [0.25, 0.3) is 6.08 Å². The van der Waals surface area contributed by atoms with Gasteiger partial charge in [-0.1, -0.05) is 60.2 Å². The number of hydrogen-bond acceptors (Lipinski definition) is 3. The molecule has 0 saturated carbocycles. The van der Waals surface area contributed by atoms with Crippen molar-refractivity contribution >= 4 is 17.8 Å². The molecule has 0 aliphatic carbocycles. The fourth-order valence-corrected chi connectivity index (χ4v) is 3.70. The first-order valence-electron chi connectivity index (χ1n) is 10.7. The molecular formula is C27H25N3O3. The van der Waals surface area contributed by atoms with Crippen molar-refractivity contribution < 1.29 is 14.7 Å². The molecule has 0 aliphatic rings. The van der Waals surface area contributed by atoms with Gasteiger partial charge in [-0.2, -0.15) is 5.10 Å². The van der Waals surface area contributed by atoms with Gasteiger partial charge in [0.1, 0.15) is 0 Å². The number of aromatic nitrogens is 3. The molecule has 2 heterocycles. The summed E-state index contributed by atoms with van der Waals surface area (Å²) in [5.74, 6) is -0.852. The number of rotatable bonds is 9. The van der Waals surface area contributed by atoms with E-state index in [4.69, 9.17) is 5.11 Å². The summed E-state index contributed by atoms with van der Waals surface area (Å²) in [5.41, 5.74) is 4.95. The van der Waals surface area contributed by atoms with Crippen LogP contribution in [0.4, 0.5) is 0 Å². The van der Waals surface area contributed by atoms with Crippen molar-refractivity contribution in [2.75, 3.05) is 0 Å². The minimum Gasteiger partial charge on any atom is -0.481 e. The van der Waals surface area contributed by atoms with Crippen molar-refractivity contribution in [2.24, 2.45) is 0 Å². The molecule has 0 aliphatic heterocycles. The summed E-state index contributed by atoms with van der Waals surface area (Å²) >= 11 is 0. The van der Waals surface area contributed by atoms with Crippen LogP contribution < -0.4 is 0 Å². The van der Waals surface area contributed by atoms with Crippen molar-refractivity contribution in [3.05, 3.63) is 119 Å². The number of carbonyl (C=O) groups excluding carboxylic acids is 1. The molecule has 2 aromatic carbocycles. The van der Waals surface area contributed by atoms with Crippen LogP contribution in [0.3, 0.4) is 0 Å². The maximum atomic E-state index is 12.8. The van der Waals surface area contributed by atoms with E-state index in [9.17, 15) is 9.59 Å². The maximum Gasteiger partial charge on any atom is 0.307 e. The lowest BCUT2D eigenvalue weighted by atomic mass is 10.0. The number of nitrogens with zero attached hydrogens (tertiary/aromatic N) is 3. The number of hydrogen-bond donors (Lipinski definition) is 1. The second-order valence-corrected chi connectivity index (χ2v) is 7.92. The lowest BCUT2D eigenvalue weighted by molar-refractivity contribution is -0.136. The molecule has 6 nitrogen and oxygen atoms in total. The van der Waals surface area contributed by atoms with E-state index in [-0.39, 0.29) is 12.2 Å². The number of carboxylic acid groups (broad SMARTS) is 1. The molecule has 1 N–H and O–H groups in total. The summed E-state index contributed by atoms with van der Waals surface area (Å²) in [6, 6.07) is 20.7. The third-order valence-corrected chi connectivity index (χ3v) is 5.42. The van der Waals surface area contributed by atoms with Crippen molar-refractivity contribution in [1.82, 2.24) is 14.3 Å². The average molecular weight is 440 g/mol. The molecule has 4 aromatic rings. The van der Waals surface area contributed by atoms with E-state index in [0.717, 1.165) is 22.4 Å². The van der Waals surface area contributed by atoms with Crippen LogP contribution in [0.15, 0.2) is 85.2 Å². The van der Waals surface area contributed by atoms with Gasteiger partial charge in [0.25, 0.3) is 0 Å². The zero-order chi connectivity index (χ0) is 23.2. The van der Waals surface area contributed by atoms with Gasteiger partial charge in [-0.3, -0.25) is 14.3 Å². The third-order valence-electron chi connectivity index (χ3n) is 5.42. The predicted molar refractivity (Wildman–Crippen MR) is 127 cm³/mol. The van der Waals surface area contributed by atoms with Crippen LogP contribution >= 0.6 is 0 Å². The summed E-state index contributed by atoms with van der Waals surface area (Å²) in [4.78, 5) is 23.9. The van der Waals surface area contributed by atoms with Crippen molar-refractivity contribution in [3.63, 3.8) is 0 Å². The third kappa shape index (κ3) is 5.54. The van der Waals surface area contributed by atoms with E-state index in [0.29, 0.717) is 24.3 Å². The summed E-state index contributed by atoms with van der Waals surface area (Å²) < 4.78 is 3.71. The van der Waals surface area contributed by atoms with Gasteiger partial charge in [0.2, 0.25) is 5.78 Å². The monoisotopic (exact) mass is 439 g/mol. The van der Waals surface area contributed by atoms with E-state index in [1.807, 2.05) is 103 Å². The molecule has 0 atom stereocenters. The van der Waals surface area contributed by atoms with Gasteiger partial charge in [-0.05, 0) is 42.3 Å². The Hall–Kier alpha value is -4.19. The van der Waals surface area contributed by atoms with Gasteiger partial charge in [-0.15, -0.1) is 0 Å². The number of aliphatic carboxylic acids is 1. The highest BCUT2D eigenvalue weighted by Gasteiger charge is 2.12. The first-order valence-corrected chi connectivity index (χ1v) is 10.7. The summed E-state index contributed by atoms with van der Waals surface area (Å²) in [6.45, 7) is 3.05. The van der Waals surface area contributed by atoms with E-state index >= 15 is 0 Å². The molecular weight excluding hydrogens is 414 g/mol. The van der Waals surface area contributed by atoms with Crippen molar-refractivity contribution in [2.45, 2.75) is 26.4 Å². The van der Waals surface area contributed by atoms with Gasteiger partial charge in [0.05, 0.1) is 24.4 Å². The Morgan fingerprint density at radius 1 is 0.939 bits per heavy atom. The first kappa shape index (κ1) is 22.0.